The van der Waals surface area contributed by atoms with E-state index in [1.54, 1.807) is 13.1 Å². The first-order valence-electron chi connectivity index (χ1n) is 8.94. The van der Waals surface area contributed by atoms with Gasteiger partial charge in [-0.3, -0.25) is 9.69 Å². The van der Waals surface area contributed by atoms with Crippen LogP contribution in [0.3, 0.4) is 0 Å². The molecule has 0 spiro atoms. The van der Waals surface area contributed by atoms with Crippen LogP contribution in [0.5, 0.6) is 11.5 Å². The van der Waals surface area contributed by atoms with Gasteiger partial charge >= 0.3 is 5.97 Å². The van der Waals surface area contributed by atoms with Gasteiger partial charge in [-0.15, -0.1) is 0 Å². The summed E-state index contributed by atoms with van der Waals surface area (Å²) in [6, 6.07) is 11.3. The summed E-state index contributed by atoms with van der Waals surface area (Å²) in [6.45, 7) is 2.68. The number of thioether (sulfide) groups is 1. The molecular formula is C21H20N2O5S. The highest BCUT2D eigenvalue weighted by Gasteiger charge is 2.30. The molecule has 7 nitrogen and oxygen atoms in total. The van der Waals surface area contributed by atoms with Crippen molar-refractivity contribution in [2.45, 2.75) is 13.3 Å². The van der Waals surface area contributed by atoms with Crippen LogP contribution in [0.25, 0.3) is 6.08 Å². The number of benzene rings is 2. The Kier molecular flexibility index (Phi) is 6.23. The van der Waals surface area contributed by atoms with Crippen LogP contribution >= 0.6 is 11.8 Å². The number of carbonyl (C=O) groups excluding carboxylic acids is 1. The standard InChI is InChI=1S/C21H20N2O5S/c1-3-10-28-15-7-4-13(5-8-15)11-18-19(25)23(2)21(29-18)22-17-9-6-14(24)12-16(17)20(26)27/h4-9,11-12,24H,3,10H2,1-2H3,(H,26,27)/b18-11-,22-21?. The number of amides is 1. The van der Waals surface area contributed by atoms with Gasteiger partial charge < -0.3 is 14.9 Å². The Morgan fingerprint density at radius 1 is 1.24 bits per heavy atom. The number of aromatic carboxylic acids is 1. The third-order valence-corrected chi connectivity index (χ3v) is 5.14. The number of phenols is 1. The van der Waals surface area contributed by atoms with Gasteiger partial charge in [0.1, 0.15) is 11.5 Å². The first-order chi connectivity index (χ1) is 13.9. The Hall–Kier alpha value is -3.26. The Morgan fingerprint density at radius 2 is 1.97 bits per heavy atom. The lowest BCUT2D eigenvalue weighted by molar-refractivity contribution is -0.121. The number of carbonyl (C=O) groups is 2. The first kappa shape index (κ1) is 20.5. The van der Waals surface area contributed by atoms with Crippen molar-refractivity contribution in [3.05, 3.63) is 58.5 Å². The molecule has 0 saturated carbocycles. The van der Waals surface area contributed by atoms with Gasteiger partial charge in [0.15, 0.2) is 5.17 Å². The second kappa shape index (κ2) is 8.83. The summed E-state index contributed by atoms with van der Waals surface area (Å²) in [6.07, 6.45) is 2.68. The lowest BCUT2D eigenvalue weighted by atomic mass is 10.2. The summed E-state index contributed by atoms with van der Waals surface area (Å²) >= 11 is 1.16. The number of amidine groups is 1. The Bertz CT molecular complexity index is 999. The molecule has 0 aromatic heterocycles. The van der Waals surface area contributed by atoms with Crippen LogP contribution in [0.1, 0.15) is 29.3 Å². The lowest BCUT2D eigenvalue weighted by Gasteiger charge is -2.08. The minimum Gasteiger partial charge on any atom is -0.508 e. The summed E-state index contributed by atoms with van der Waals surface area (Å²) in [5.74, 6) is -0.830. The molecular weight excluding hydrogens is 392 g/mol. The molecule has 29 heavy (non-hydrogen) atoms. The molecule has 0 radical (unpaired) electrons. The summed E-state index contributed by atoms with van der Waals surface area (Å²) in [5, 5.41) is 19.2. The number of rotatable bonds is 6. The normalized spacial score (nSPS) is 16.6. The van der Waals surface area contributed by atoms with Gasteiger partial charge in [-0.2, -0.15) is 0 Å². The molecule has 150 valence electrons. The van der Waals surface area contributed by atoms with Gasteiger partial charge in [0.05, 0.1) is 22.8 Å². The van der Waals surface area contributed by atoms with Gasteiger partial charge in [0, 0.05) is 7.05 Å². The van der Waals surface area contributed by atoms with Crippen molar-refractivity contribution in [1.82, 2.24) is 4.90 Å². The zero-order chi connectivity index (χ0) is 21.0. The van der Waals surface area contributed by atoms with Gasteiger partial charge in [-0.1, -0.05) is 19.1 Å². The van der Waals surface area contributed by atoms with Crippen molar-refractivity contribution in [2.24, 2.45) is 4.99 Å². The number of aliphatic imine (C=N–C) groups is 1. The minimum absolute atomic E-state index is 0.140. The molecule has 1 heterocycles. The minimum atomic E-state index is -1.21. The van der Waals surface area contributed by atoms with Crippen LogP contribution in [0.4, 0.5) is 5.69 Å². The highest BCUT2D eigenvalue weighted by Crippen LogP contribution is 2.34. The van der Waals surface area contributed by atoms with Crippen molar-refractivity contribution in [3.8, 4) is 11.5 Å². The maximum absolute atomic E-state index is 12.6. The summed E-state index contributed by atoms with van der Waals surface area (Å²) in [5.41, 5.74) is 0.866. The predicted molar refractivity (Wildman–Crippen MR) is 113 cm³/mol. The second-order valence-electron chi connectivity index (χ2n) is 6.29. The topological polar surface area (TPSA) is 99.4 Å². The lowest BCUT2D eigenvalue weighted by Crippen LogP contribution is -2.23. The molecule has 1 saturated heterocycles. The first-order valence-corrected chi connectivity index (χ1v) is 9.76. The van der Waals surface area contributed by atoms with Crippen molar-refractivity contribution in [1.29, 1.82) is 0 Å². The summed E-state index contributed by atoms with van der Waals surface area (Å²) < 4.78 is 5.55. The van der Waals surface area contributed by atoms with Gasteiger partial charge in [-0.05, 0) is 60.2 Å². The van der Waals surface area contributed by atoms with Gasteiger partial charge in [0.25, 0.3) is 5.91 Å². The SMILES string of the molecule is CCCOc1ccc(/C=C2\SC(=Nc3ccc(O)cc3C(=O)O)N(C)C2=O)cc1. The van der Waals surface area contributed by atoms with E-state index in [-0.39, 0.29) is 22.9 Å². The number of carboxylic acids is 1. The molecule has 2 N–H and O–H groups in total. The predicted octanol–water partition coefficient (Wildman–Crippen LogP) is 4.11. The van der Waals surface area contributed by atoms with E-state index in [0.717, 1.165) is 35.6 Å². The van der Waals surface area contributed by atoms with Crippen LogP contribution in [0, 0.1) is 0 Å². The molecule has 3 rings (SSSR count). The Balaban J connectivity index is 1.85. The molecule has 0 atom stereocenters. The fourth-order valence-corrected chi connectivity index (χ4v) is 3.56. The quantitative estimate of drug-likeness (QED) is 0.693. The van der Waals surface area contributed by atoms with Crippen molar-refractivity contribution < 1.29 is 24.5 Å². The number of hydrogen-bond donors (Lipinski definition) is 2. The van der Waals surface area contributed by atoms with Gasteiger partial charge in [-0.25, -0.2) is 9.79 Å². The molecule has 1 aliphatic rings. The van der Waals surface area contributed by atoms with Crippen molar-refractivity contribution in [2.75, 3.05) is 13.7 Å². The zero-order valence-electron chi connectivity index (χ0n) is 16.0. The zero-order valence-corrected chi connectivity index (χ0v) is 16.8. The van der Waals surface area contributed by atoms with E-state index < -0.39 is 5.97 Å². The van der Waals surface area contributed by atoms with E-state index in [0.29, 0.717) is 16.7 Å². The average molecular weight is 412 g/mol. The van der Waals surface area contributed by atoms with Crippen LogP contribution in [-0.2, 0) is 4.79 Å². The van der Waals surface area contributed by atoms with Crippen LogP contribution in [-0.4, -0.2) is 45.8 Å². The average Bonchev–Trinajstić information content (AvgIpc) is 2.96. The molecule has 0 aliphatic carbocycles. The van der Waals surface area contributed by atoms with Gasteiger partial charge in [0.2, 0.25) is 0 Å². The van der Waals surface area contributed by atoms with E-state index in [1.807, 2.05) is 31.2 Å². The maximum Gasteiger partial charge on any atom is 0.338 e. The Labute approximate surface area is 172 Å². The number of likely N-dealkylation sites (N-methyl/N-ethyl adjacent to an activating group) is 1. The molecule has 1 fully saturated rings. The number of hydrogen-bond acceptors (Lipinski definition) is 6. The van der Waals surface area contributed by atoms with E-state index >= 15 is 0 Å². The van der Waals surface area contributed by atoms with Crippen LogP contribution < -0.4 is 4.74 Å². The number of phenolic OH excluding ortho intramolecular Hbond substituents is 1. The Morgan fingerprint density at radius 3 is 2.62 bits per heavy atom. The third-order valence-electron chi connectivity index (χ3n) is 4.08. The molecule has 2 aromatic rings. The summed E-state index contributed by atoms with van der Waals surface area (Å²) in [4.78, 5) is 30.1. The number of aromatic hydroxyl groups is 1. The van der Waals surface area contributed by atoms with Crippen LogP contribution in [0.15, 0.2) is 52.4 Å². The fraction of sp³-hybridized carbons (Fsp3) is 0.190. The van der Waals surface area contributed by atoms with Crippen LogP contribution in [0.2, 0.25) is 0 Å². The largest absolute Gasteiger partial charge is 0.508 e. The molecule has 0 bridgehead atoms. The van der Waals surface area contributed by atoms with Crippen molar-refractivity contribution in [3.63, 3.8) is 0 Å². The van der Waals surface area contributed by atoms with E-state index in [2.05, 4.69) is 4.99 Å². The highest BCUT2D eigenvalue weighted by atomic mass is 32.2. The fourth-order valence-electron chi connectivity index (χ4n) is 2.58. The number of nitrogens with zero attached hydrogens (tertiary/aromatic N) is 2. The van der Waals surface area contributed by atoms with E-state index in [1.165, 1.54) is 17.0 Å². The smallest absolute Gasteiger partial charge is 0.338 e. The number of ether oxygens (including phenoxy) is 1. The maximum atomic E-state index is 12.6. The molecule has 1 aliphatic heterocycles. The molecule has 1 amide bonds. The molecule has 0 unspecified atom stereocenters. The number of carboxylic acid groups (broad SMARTS) is 1. The second-order valence-corrected chi connectivity index (χ2v) is 7.30. The van der Waals surface area contributed by atoms with E-state index in [9.17, 15) is 19.8 Å². The monoisotopic (exact) mass is 412 g/mol. The molecule has 8 heteroatoms. The summed E-state index contributed by atoms with van der Waals surface area (Å²) in [7, 11) is 1.58. The van der Waals surface area contributed by atoms with E-state index in [4.69, 9.17) is 4.74 Å². The molecule has 2 aromatic carbocycles. The highest BCUT2D eigenvalue weighted by molar-refractivity contribution is 8.18. The van der Waals surface area contributed by atoms with Crippen molar-refractivity contribution >= 4 is 40.6 Å². The third kappa shape index (κ3) is 4.78.